The Morgan fingerprint density at radius 3 is 2.34 bits per heavy atom. The van der Waals surface area contributed by atoms with E-state index in [9.17, 15) is 24.3 Å². The van der Waals surface area contributed by atoms with Crippen molar-refractivity contribution < 1.29 is 24.3 Å². The molecule has 16 heteroatoms. The normalized spacial score (nSPS) is 19.6. The summed E-state index contributed by atoms with van der Waals surface area (Å²) in [5, 5.41) is 24.1. The first-order valence-corrected chi connectivity index (χ1v) is 17.5. The monoisotopic (exact) mass is 706 g/mol. The Balaban J connectivity index is 1.19. The summed E-state index contributed by atoms with van der Waals surface area (Å²) in [7, 11) is 0. The second-order valence-electron chi connectivity index (χ2n) is 14.0. The Hall–Kier alpha value is -4.67. The number of thiazole rings is 1. The summed E-state index contributed by atoms with van der Waals surface area (Å²) in [6.07, 6.45) is -0.773. The fourth-order valence-corrected chi connectivity index (χ4v) is 7.15. The minimum absolute atomic E-state index is 0.0108. The smallest absolute Gasteiger partial charge is 0.269 e. The first kappa shape index (κ1) is 36.6. The summed E-state index contributed by atoms with van der Waals surface area (Å²) in [4.78, 5) is 63.3. The molecule has 4 amide bonds. The van der Waals surface area contributed by atoms with Crippen LogP contribution >= 0.6 is 11.3 Å². The van der Waals surface area contributed by atoms with Crippen LogP contribution in [-0.4, -0.2) is 111 Å². The minimum atomic E-state index is -0.938. The number of piperazine rings is 1. The van der Waals surface area contributed by atoms with Gasteiger partial charge in [-0.2, -0.15) is 0 Å². The molecule has 0 saturated carbocycles. The average molecular weight is 707 g/mol. The number of aromatic nitrogens is 3. The van der Waals surface area contributed by atoms with Crippen molar-refractivity contribution in [3.05, 3.63) is 52.8 Å². The molecule has 2 aliphatic heterocycles. The fourth-order valence-electron chi connectivity index (χ4n) is 6.34. The largest absolute Gasteiger partial charge is 0.391 e. The summed E-state index contributed by atoms with van der Waals surface area (Å²) in [5.41, 5.74) is 16.0. The molecule has 5 rings (SSSR count). The molecule has 4 heterocycles. The number of β-amino-alcohol motifs (C(OH)–C–C–N with tert-alkyl or cyclic N) is 1. The second-order valence-corrected chi connectivity index (χ2v) is 14.9. The molecule has 0 radical (unpaired) electrons. The number of carbonyl (C=O) groups excluding carboxylic acids is 4. The molecule has 0 aliphatic carbocycles. The van der Waals surface area contributed by atoms with Crippen molar-refractivity contribution >= 4 is 46.5 Å². The van der Waals surface area contributed by atoms with Crippen LogP contribution in [0.3, 0.4) is 0 Å². The van der Waals surface area contributed by atoms with Crippen molar-refractivity contribution in [2.75, 3.05) is 49.9 Å². The maximum atomic E-state index is 14.1. The van der Waals surface area contributed by atoms with Gasteiger partial charge in [-0.05, 0) is 36.5 Å². The van der Waals surface area contributed by atoms with E-state index >= 15 is 0 Å². The fraction of sp³-hybridized carbons (Fsp3) is 0.500. The molecule has 2 aliphatic rings. The van der Waals surface area contributed by atoms with Gasteiger partial charge in [-0.25, -0.2) is 4.98 Å². The zero-order valence-corrected chi connectivity index (χ0v) is 29.9. The zero-order chi connectivity index (χ0) is 36.3. The number of anilines is 2. The Bertz CT molecular complexity index is 1720. The lowest BCUT2D eigenvalue weighted by atomic mass is 9.85. The van der Waals surface area contributed by atoms with Crippen LogP contribution in [-0.2, 0) is 14.4 Å². The van der Waals surface area contributed by atoms with E-state index in [2.05, 4.69) is 25.8 Å². The number of benzene rings is 1. The van der Waals surface area contributed by atoms with Crippen LogP contribution in [0.4, 0.5) is 11.5 Å². The van der Waals surface area contributed by atoms with Gasteiger partial charge in [-0.1, -0.05) is 45.0 Å². The van der Waals surface area contributed by atoms with E-state index in [0.717, 1.165) is 21.7 Å². The number of nitrogens with two attached hydrogens (primary N) is 2. The number of nitrogen functional groups attached to an aromatic ring is 1. The molecule has 4 atom stereocenters. The predicted molar refractivity (Wildman–Crippen MR) is 190 cm³/mol. The van der Waals surface area contributed by atoms with Crippen molar-refractivity contribution in [2.45, 2.75) is 65.3 Å². The topological polar surface area (TPSA) is 213 Å². The van der Waals surface area contributed by atoms with Crippen LogP contribution in [0.1, 0.15) is 61.9 Å². The Labute approximate surface area is 295 Å². The number of nitrogens with zero attached hydrogens (tertiary/aromatic N) is 6. The molecule has 0 spiro atoms. The third-order valence-electron chi connectivity index (χ3n) is 9.19. The van der Waals surface area contributed by atoms with Gasteiger partial charge < -0.3 is 37.0 Å². The van der Waals surface area contributed by atoms with E-state index in [1.807, 2.05) is 74.2 Å². The number of hydrogen-bond donors (Lipinski definition) is 5. The lowest BCUT2D eigenvalue weighted by Crippen LogP contribution is -2.59. The van der Waals surface area contributed by atoms with Crippen molar-refractivity contribution in [3.63, 3.8) is 0 Å². The molecule has 2 aromatic heterocycles. The standard InChI is InChI=1S/C34H46N10O5S/c1-19(21-6-8-22(9-7-21)28-20(2)37-18-50-28)38-32(48)26-14-23(45)16-44(26)33(49)29(34(3,4)5)39-27(46)17-42-10-12-43(13-11-42)25-15-24(31(36)47)40-41-30(25)35/h6-9,15,18-19,23,26,29,45H,10-14,16-17H2,1-5H3,(H2,35,41)(H2,36,47)(H,38,48)(H,39,46)/t19-,23+,26-,29+/m1/s1. The van der Waals surface area contributed by atoms with Gasteiger partial charge in [0.05, 0.1) is 40.5 Å². The van der Waals surface area contributed by atoms with Gasteiger partial charge in [-0.15, -0.1) is 21.5 Å². The molecule has 7 N–H and O–H groups in total. The van der Waals surface area contributed by atoms with Crippen molar-refractivity contribution in [1.29, 1.82) is 0 Å². The average Bonchev–Trinajstić information content (AvgIpc) is 3.68. The number of aliphatic hydroxyl groups excluding tert-OH is 1. The number of rotatable bonds is 10. The van der Waals surface area contributed by atoms with Crippen LogP contribution in [0.5, 0.6) is 0 Å². The minimum Gasteiger partial charge on any atom is -0.391 e. The summed E-state index contributed by atoms with van der Waals surface area (Å²) >= 11 is 1.57. The molecule has 0 unspecified atom stereocenters. The van der Waals surface area contributed by atoms with Gasteiger partial charge in [0.15, 0.2) is 11.5 Å². The van der Waals surface area contributed by atoms with Crippen molar-refractivity contribution in [2.24, 2.45) is 11.1 Å². The molecule has 15 nitrogen and oxygen atoms in total. The molecule has 1 aromatic carbocycles. The highest BCUT2D eigenvalue weighted by Gasteiger charge is 2.44. The quantitative estimate of drug-likeness (QED) is 0.201. The number of carbonyl (C=O) groups is 4. The van der Waals surface area contributed by atoms with E-state index < -0.39 is 35.4 Å². The van der Waals surface area contributed by atoms with Gasteiger partial charge in [0.1, 0.15) is 12.1 Å². The van der Waals surface area contributed by atoms with E-state index in [-0.39, 0.29) is 48.9 Å². The van der Waals surface area contributed by atoms with E-state index in [4.69, 9.17) is 11.5 Å². The number of likely N-dealkylation sites (tertiary alicyclic amines) is 1. The first-order chi connectivity index (χ1) is 23.6. The third-order valence-corrected chi connectivity index (χ3v) is 10.2. The van der Waals surface area contributed by atoms with Crippen molar-refractivity contribution in [3.8, 4) is 10.4 Å². The lowest BCUT2D eigenvalue weighted by molar-refractivity contribution is -0.144. The number of hydrogen-bond acceptors (Lipinski definition) is 12. The van der Waals surface area contributed by atoms with Gasteiger partial charge in [-0.3, -0.25) is 24.1 Å². The van der Waals surface area contributed by atoms with Crippen LogP contribution in [0.25, 0.3) is 10.4 Å². The highest BCUT2D eigenvalue weighted by atomic mass is 32.1. The molecule has 50 heavy (non-hydrogen) atoms. The van der Waals surface area contributed by atoms with Gasteiger partial charge in [0.25, 0.3) is 5.91 Å². The van der Waals surface area contributed by atoms with Gasteiger partial charge in [0.2, 0.25) is 17.7 Å². The SMILES string of the molecule is Cc1ncsc1-c1ccc([C@@H](C)NC(=O)[C@H]2C[C@H](O)CN2C(=O)[C@H](NC(=O)CN2CCN(c3cc(C(N)=O)nnc3N)CC2)C(C)(C)C)cc1. The Morgan fingerprint density at radius 1 is 1.06 bits per heavy atom. The number of aliphatic hydroxyl groups is 1. The van der Waals surface area contributed by atoms with Crippen LogP contribution in [0, 0.1) is 12.3 Å². The van der Waals surface area contributed by atoms with Gasteiger partial charge in [0, 0.05) is 39.1 Å². The Morgan fingerprint density at radius 2 is 1.74 bits per heavy atom. The highest BCUT2D eigenvalue weighted by molar-refractivity contribution is 7.13. The molecular formula is C34H46N10O5S. The van der Waals surface area contributed by atoms with E-state index in [0.29, 0.717) is 31.9 Å². The first-order valence-electron chi connectivity index (χ1n) is 16.6. The van der Waals surface area contributed by atoms with Crippen LogP contribution in [0.15, 0.2) is 35.8 Å². The molecular weight excluding hydrogens is 661 g/mol. The summed E-state index contributed by atoms with van der Waals surface area (Å²) < 4.78 is 0. The maximum absolute atomic E-state index is 14.1. The van der Waals surface area contributed by atoms with Gasteiger partial charge >= 0.3 is 0 Å². The van der Waals surface area contributed by atoms with E-state index in [1.165, 1.54) is 11.0 Å². The number of amides is 4. The highest BCUT2D eigenvalue weighted by Crippen LogP contribution is 2.30. The zero-order valence-electron chi connectivity index (χ0n) is 29.0. The van der Waals surface area contributed by atoms with E-state index in [1.54, 1.807) is 11.3 Å². The molecule has 268 valence electrons. The third kappa shape index (κ3) is 8.37. The molecule has 2 saturated heterocycles. The second kappa shape index (κ2) is 15.1. The lowest BCUT2D eigenvalue weighted by Gasteiger charge is -2.38. The molecule has 2 fully saturated rings. The molecule has 3 aromatic rings. The number of aryl methyl sites for hydroxylation is 1. The molecule has 0 bridgehead atoms. The predicted octanol–water partition coefficient (Wildman–Crippen LogP) is 1.08. The number of nitrogens with one attached hydrogen (secondary N) is 2. The summed E-state index contributed by atoms with van der Waals surface area (Å²) in [6, 6.07) is 7.26. The van der Waals surface area contributed by atoms with Crippen LogP contribution < -0.4 is 27.0 Å². The van der Waals surface area contributed by atoms with Crippen molar-refractivity contribution in [1.82, 2.24) is 35.6 Å². The number of primary amides is 1. The Kier molecular flexibility index (Phi) is 11.0. The summed E-state index contributed by atoms with van der Waals surface area (Å²) in [5.74, 6) is -1.65. The van der Waals surface area contributed by atoms with Crippen LogP contribution in [0.2, 0.25) is 0 Å². The maximum Gasteiger partial charge on any atom is 0.269 e. The summed E-state index contributed by atoms with van der Waals surface area (Å²) in [6.45, 7) is 11.5.